The molecule has 0 spiro atoms. The molecular formula is C52H88O6. The van der Waals surface area contributed by atoms with Crippen molar-refractivity contribution in [1.29, 1.82) is 0 Å². The molecule has 0 aromatic heterocycles. The van der Waals surface area contributed by atoms with Gasteiger partial charge in [0, 0.05) is 6.42 Å². The van der Waals surface area contributed by atoms with E-state index < -0.39 is 11.9 Å². The number of unbranched alkanes of at least 4 members (excludes halogenated alkanes) is 15. The summed E-state index contributed by atoms with van der Waals surface area (Å²) in [6.07, 6.45) is 22.5. The minimum absolute atomic E-state index is 0.117. The van der Waals surface area contributed by atoms with Crippen LogP contribution in [0.2, 0.25) is 0 Å². The molecule has 0 saturated heterocycles. The van der Waals surface area contributed by atoms with Crippen LogP contribution in [0.4, 0.5) is 0 Å². The number of carboxylic acids is 1. The van der Waals surface area contributed by atoms with Crippen LogP contribution < -0.4 is 0 Å². The predicted molar refractivity (Wildman–Crippen MR) is 246 cm³/mol. The summed E-state index contributed by atoms with van der Waals surface area (Å²) >= 11 is 0. The molecule has 0 bridgehead atoms. The van der Waals surface area contributed by atoms with Gasteiger partial charge in [-0.1, -0.05) is 211 Å². The van der Waals surface area contributed by atoms with Crippen LogP contribution in [0.3, 0.4) is 0 Å². The van der Waals surface area contributed by atoms with Gasteiger partial charge in [-0.05, 0) is 74.8 Å². The number of carbonyl (C=O) groups is 2. The Morgan fingerprint density at radius 2 is 0.845 bits per heavy atom. The van der Waals surface area contributed by atoms with Crippen molar-refractivity contribution < 1.29 is 29.6 Å². The first-order chi connectivity index (χ1) is 26.8. The number of hydrogen-bond acceptors (Lipinski definition) is 5. The van der Waals surface area contributed by atoms with E-state index >= 15 is 0 Å². The van der Waals surface area contributed by atoms with Crippen molar-refractivity contribution in [3.05, 3.63) is 57.6 Å². The van der Waals surface area contributed by atoms with Gasteiger partial charge in [-0.15, -0.1) is 0 Å². The second kappa shape index (κ2) is 24.9. The van der Waals surface area contributed by atoms with Gasteiger partial charge in [0.1, 0.15) is 11.5 Å². The molecule has 2 aromatic carbocycles. The average molecular weight is 809 g/mol. The summed E-state index contributed by atoms with van der Waals surface area (Å²) in [6.45, 7) is 29.3. The molecule has 6 heteroatoms. The van der Waals surface area contributed by atoms with E-state index in [-0.39, 0.29) is 33.4 Å². The number of carboxylic acid groups (broad SMARTS) is 1. The van der Waals surface area contributed by atoms with Crippen molar-refractivity contribution in [1.82, 2.24) is 0 Å². The lowest BCUT2D eigenvalue weighted by atomic mass is 9.77. The topological polar surface area (TPSA) is 104 Å². The number of carbonyl (C=O) groups excluding carboxylic acids is 1. The van der Waals surface area contributed by atoms with Crippen LogP contribution in [0.1, 0.15) is 245 Å². The van der Waals surface area contributed by atoms with Gasteiger partial charge in [-0.3, -0.25) is 9.59 Å². The Labute approximate surface area is 356 Å². The number of ether oxygens (including phenoxy) is 1. The molecule has 0 aliphatic rings. The highest BCUT2D eigenvalue weighted by Gasteiger charge is 2.29. The summed E-state index contributed by atoms with van der Waals surface area (Å²) in [5.74, 6) is -0.881. The zero-order valence-electron chi connectivity index (χ0n) is 39.9. The third kappa shape index (κ3) is 19.8. The number of esters is 1. The maximum Gasteiger partial charge on any atom is 0.310 e. The van der Waals surface area contributed by atoms with Crippen LogP contribution in [0.25, 0.3) is 0 Å². The van der Waals surface area contributed by atoms with E-state index in [0.29, 0.717) is 25.2 Å². The van der Waals surface area contributed by atoms with Gasteiger partial charge < -0.3 is 20.1 Å². The van der Waals surface area contributed by atoms with Gasteiger partial charge in [-0.25, -0.2) is 0 Å². The lowest BCUT2D eigenvalue weighted by molar-refractivity contribution is -0.143. The summed E-state index contributed by atoms with van der Waals surface area (Å²) in [5.41, 5.74) is 4.53. The van der Waals surface area contributed by atoms with Crippen molar-refractivity contribution in [2.24, 2.45) is 0 Å². The van der Waals surface area contributed by atoms with E-state index in [1.54, 1.807) is 6.92 Å². The van der Waals surface area contributed by atoms with Crippen molar-refractivity contribution in [2.45, 2.75) is 240 Å². The second-order valence-electron chi connectivity index (χ2n) is 21.1. The van der Waals surface area contributed by atoms with E-state index in [9.17, 15) is 24.9 Å². The first kappa shape index (κ1) is 53.0. The lowest BCUT2D eigenvalue weighted by Crippen LogP contribution is -2.19. The third-order valence-electron chi connectivity index (χ3n) is 11.3. The Kier molecular flexibility index (Phi) is 22.8. The molecule has 6 nitrogen and oxygen atoms in total. The molecule has 0 radical (unpaired) electrons. The van der Waals surface area contributed by atoms with Gasteiger partial charge in [0.25, 0.3) is 0 Å². The molecule has 58 heavy (non-hydrogen) atoms. The lowest BCUT2D eigenvalue weighted by Gasteiger charge is -2.28. The van der Waals surface area contributed by atoms with Gasteiger partial charge in [-0.2, -0.15) is 0 Å². The van der Waals surface area contributed by atoms with Crippen LogP contribution >= 0.6 is 0 Å². The zero-order valence-corrected chi connectivity index (χ0v) is 39.9. The highest BCUT2D eigenvalue weighted by molar-refractivity contribution is 5.76. The number of phenolic OH excluding ortho intramolecular Hbond substituents is 2. The number of benzene rings is 2. The number of aryl methyl sites for hydroxylation is 1. The predicted octanol–water partition coefficient (Wildman–Crippen LogP) is 14.9. The SMILES string of the molecule is CC(C(=O)O)c1cc(C(C)(C)C)c(O)c(C(C)(C)C)c1.CCCCCCCCCCCCCCCCCCOC(=O)CCc1cc(C(C)(C)C)c(O)c(C(C)(C)C)c1. The molecule has 0 fully saturated rings. The molecule has 0 amide bonds. The van der Waals surface area contributed by atoms with E-state index in [2.05, 4.69) is 60.6 Å². The number of aliphatic carboxylic acids is 1. The molecule has 332 valence electrons. The van der Waals surface area contributed by atoms with Crippen LogP contribution in [-0.4, -0.2) is 33.9 Å². The molecule has 1 atom stereocenters. The fraction of sp³-hybridized carbons (Fsp3) is 0.731. The Bertz CT molecular complexity index is 1440. The molecule has 0 saturated carbocycles. The Morgan fingerprint density at radius 1 is 0.534 bits per heavy atom. The third-order valence-corrected chi connectivity index (χ3v) is 11.3. The fourth-order valence-corrected chi connectivity index (χ4v) is 7.33. The molecule has 2 rings (SSSR count). The fourth-order valence-electron chi connectivity index (χ4n) is 7.33. The monoisotopic (exact) mass is 809 g/mol. The van der Waals surface area contributed by atoms with Crippen molar-refractivity contribution in [3.63, 3.8) is 0 Å². The number of aromatic hydroxyl groups is 2. The van der Waals surface area contributed by atoms with Gasteiger partial charge in [0.05, 0.1) is 12.5 Å². The highest BCUT2D eigenvalue weighted by Crippen LogP contribution is 2.42. The van der Waals surface area contributed by atoms with Gasteiger partial charge >= 0.3 is 11.9 Å². The van der Waals surface area contributed by atoms with Crippen LogP contribution in [0.5, 0.6) is 11.5 Å². The molecule has 2 aromatic rings. The van der Waals surface area contributed by atoms with Crippen molar-refractivity contribution in [2.75, 3.05) is 6.61 Å². The molecule has 0 heterocycles. The van der Waals surface area contributed by atoms with Gasteiger partial charge in [0.2, 0.25) is 0 Å². The van der Waals surface area contributed by atoms with E-state index in [1.807, 2.05) is 53.7 Å². The highest BCUT2D eigenvalue weighted by atomic mass is 16.5. The Morgan fingerprint density at radius 3 is 1.16 bits per heavy atom. The summed E-state index contributed by atoms with van der Waals surface area (Å²) in [6, 6.07) is 7.77. The number of phenols is 2. The first-order valence-corrected chi connectivity index (χ1v) is 23.0. The molecule has 3 N–H and O–H groups in total. The summed E-state index contributed by atoms with van der Waals surface area (Å²) in [7, 11) is 0. The number of hydrogen-bond donors (Lipinski definition) is 3. The van der Waals surface area contributed by atoms with E-state index in [0.717, 1.165) is 46.2 Å². The first-order valence-electron chi connectivity index (χ1n) is 23.0. The minimum atomic E-state index is -0.851. The molecule has 0 aliphatic heterocycles. The molecule has 1 unspecified atom stereocenters. The smallest absolute Gasteiger partial charge is 0.310 e. The number of rotatable bonds is 22. The summed E-state index contributed by atoms with van der Waals surface area (Å²) in [4.78, 5) is 23.6. The quantitative estimate of drug-likeness (QED) is 0.0808. The second-order valence-corrected chi connectivity index (χ2v) is 21.1. The van der Waals surface area contributed by atoms with E-state index in [1.165, 1.54) is 89.9 Å². The average Bonchev–Trinajstić information content (AvgIpc) is 3.10. The largest absolute Gasteiger partial charge is 0.507 e. The van der Waals surface area contributed by atoms with Gasteiger partial charge in [0.15, 0.2) is 0 Å². The normalized spacial score (nSPS) is 12.9. The van der Waals surface area contributed by atoms with Crippen molar-refractivity contribution >= 4 is 11.9 Å². The van der Waals surface area contributed by atoms with Crippen LogP contribution in [0, 0.1) is 0 Å². The van der Waals surface area contributed by atoms with E-state index in [4.69, 9.17) is 4.74 Å². The molecule has 0 aliphatic carbocycles. The zero-order chi connectivity index (χ0) is 44.3. The molecular weight excluding hydrogens is 721 g/mol. The Hall–Kier alpha value is -3.02. The Balaban J connectivity index is 0.000000704. The maximum absolute atomic E-state index is 12.3. The summed E-state index contributed by atoms with van der Waals surface area (Å²) in [5, 5.41) is 30.7. The maximum atomic E-state index is 12.3. The standard InChI is InChI=1S/C35H62O3.C17H26O3/c1-8-9-10-11-12-13-14-15-16-17-18-19-20-21-22-23-26-38-32(36)25-24-29-27-30(34(2,3)4)33(37)31(28-29)35(5,6)7;1-10(15(19)20)11-8-12(16(2,3)4)14(18)13(9-11)17(5,6)7/h27-28,37H,8-26H2,1-7H3;8-10,18H,1-7H3,(H,19,20). The minimum Gasteiger partial charge on any atom is -0.507 e. The van der Waals surface area contributed by atoms with Crippen molar-refractivity contribution in [3.8, 4) is 11.5 Å². The summed E-state index contributed by atoms with van der Waals surface area (Å²) < 4.78 is 5.51. The van der Waals surface area contributed by atoms with Crippen LogP contribution in [-0.2, 0) is 42.4 Å². The van der Waals surface area contributed by atoms with Crippen LogP contribution in [0.15, 0.2) is 24.3 Å².